The maximum Gasteiger partial charge on any atom is 0.203 e. The van der Waals surface area contributed by atoms with E-state index >= 15 is 0 Å². The Morgan fingerprint density at radius 2 is 0.882 bits per heavy atom. The zero-order chi connectivity index (χ0) is 23.1. The van der Waals surface area contributed by atoms with Gasteiger partial charge in [0.2, 0.25) is 10.9 Å². The molecule has 7 aromatic rings. The fourth-order valence-electron chi connectivity index (χ4n) is 4.15. The van der Waals surface area contributed by atoms with Gasteiger partial charge in [-0.2, -0.15) is 0 Å². The summed E-state index contributed by atoms with van der Waals surface area (Å²) < 4.78 is 3.48. The largest absolute Gasteiger partial charge is 0.396 e. The molecule has 0 aliphatic carbocycles. The van der Waals surface area contributed by atoms with Crippen molar-refractivity contribution in [3.63, 3.8) is 0 Å². The standard InChI is InChI=1S/C24H14N6O2S2/c25-9-1-15-23(7-19(9)31)33-21-5-13-11(3-17(21)29-15)27-14-6-22-18(4-12(14)28-13)30-16-2-10(26)20(32)8-24(16)34-22/h1-8,27-28H,25-26H2. The number of anilines is 2. The number of nitrogens with one attached hydrogen (secondary N) is 2. The fourth-order valence-corrected chi connectivity index (χ4v) is 6.14. The number of nitrogens with two attached hydrogens (primary N) is 2. The first-order chi connectivity index (χ1) is 16.4. The van der Waals surface area contributed by atoms with Crippen LogP contribution in [0, 0.1) is 0 Å². The van der Waals surface area contributed by atoms with E-state index in [1.54, 1.807) is 12.1 Å². The topological polar surface area (TPSA) is 144 Å². The normalized spacial score (nSPS) is 12.0. The zero-order valence-electron chi connectivity index (χ0n) is 17.3. The summed E-state index contributed by atoms with van der Waals surface area (Å²) in [6.45, 7) is 0. The highest BCUT2D eigenvalue weighted by atomic mass is 32.1. The highest BCUT2D eigenvalue weighted by Gasteiger charge is 2.10. The molecule has 0 aliphatic heterocycles. The van der Waals surface area contributed by atoms with Gasteiger partial charge in [-0.1, -0.05) is 0 Å². The van der Waals surface area contributed by atoms with Crippen molar-refractivity contribution < 1.29 is 0 Å². The second-order valence-corrected chi connectivity index (χ2v) is 10.3. The maximum atomic E-state index is 12.0. The van der Waals surface area contributed by atoms with E-state index in [4.69, 9.17) is 21.4 Å². The Hall–Kier alpha value is -4.28. The second kappa shape index (κ2) is 6.62. The molecule has 6 N–H and O–H groups in total. The molecule has 4 aromatic carbocycles. The van der Waals surface area contributed by atoms with E-state index in [2.05, 4.69) is 9.97 Å². The average molecular weight is 483 g/mol. The van der Waals surface area contributed by atoms with Crippen LogP contribution in [0.15, 0.2) is 58.1 Å². The smallest absolute Gasteiger partial charge is 0.203 e. The van der Waals surface area contributed by atoms with Gasteiger partial charge in [0.1, 0.15) is 0 Å². The summed E-state index contributed by atoms with van der Waals surface area (Å²) >= 11 is 3.00. The number of rotatable bonds is 0. The molecule has 10 heteroatoms. The van der Waals surface area contributed by atoms with Crippen LogP contribution in [0.2, 0.25) is 0 Å². The molecule has 3 aromatic heterocycles. The van der Waals surface area contributed by atoms with E-state index in [0.717, 1.165) is 51.9 Å². The molecule has 0 saturated carbocycles. The van der Waals surface area contributed by atoms with E-state index in [1.165, 1.54) is 34.8 Å². The van der Waals surface area contributed by atoms with Crippen molar-refractivity contribution in [2.24, 2.45) is 0 Å². The predicted octanol–water partition coefficient (Wildman–Crippen LogP) is 4.62. The molecule has 7 rings (SSSR count). The number of H-pyrrole nitrogens is 2. The molecule has 0 saturated heterocycles. The lowest BCUT2D eigenvalue weighted by Gasteiger charge is -2.09. The van der Waals surface area contributed by atoms with Gasteiger partial charge in [-0.05, 0) is 36.4 Å². The van der Waals surface area contributed by atoms with Gasteiger partial charge in [0.05, 0.1) is 74.3 Å². The Morgan fingerprint density at radius 3 is 1.32 bits per heavy atom. The quantitative estimate of drug-likeness (QED) is 0.183. The summed E-state index contributed by atoms with van der Waals surface area (Å²) in [4.78, 5) is 40.3. The number of nitrogens with zero attached hydrogens (tertiary/aromatic N) is 2. The monoisotopic (exact) mass is 482 g/mol. The molecule has 0 radical (unpaired) electrons. The molecule has 0 bridgehead atoms. The van der Waals surface area contributed by atoms with E-state index in [-0.39, 0.29) is 22.2 Å². The third-order valence-corrected chi connectivity index (χ3v) is 8.03. The average Bonchev–Trinajstić information content (AvgIpc) is 2.80. The number of hydrogen-bond donors (Lipinski definition) is 4. The van der Waals surface area contributed by atoms with E-state index < -0.39 is 0 Å². The van der Waals surface area contributed by atoms with Crippen LogP contribution in [0.3, 0.4) is 0 Å². The molecule has 0 spiro atoms. The van der Waals surface area contributed by atoms with Gasteiger partial charge < -0.3 is 21.4 Å². The maximum absolute atomic E-state index is 12.0. The van der Waals surface area contributed by atoms with Gasteiger partial charge in [0.15, 0.2) is 0 Å². The number of benzene rings is 4. The first kappa shape index (κ1) is 19.2. The first-order valence-electron chi connectivity index (χ1n) is 10.3. The molecule has 0 amide bonds. The molecule has 3 heterocycles. The Kier molecular flexibility index (Phi) is 3.74. The predicted molar refractivity (Wildman–Crippen MR) is 142 cm³/mol. The van der Waals surface area contributed by atoms with Gasteiger partial charge in [-0.15, -0.1) is 22.7 Å². The SMILES string of the molecule is Nc1cc2nc3cc4[nH]c5cc6sc7cc(=O)c(N)cc7nc6cc5[nH]c4cc3sc2cc1=O. The molecule has 0 aliphatic rings. The van der Waals surface area contributed by atoms with E-state index in [1.807, 2.05) is 24.3 Å². The minimum atomic E-state index is -0.197. The Balaban J connectivity index is 1.51. The molecule has 34 heavy (non-hydrogen) atoms. The first-order valence-corrected chi connectivity index (χ1v) is 11.9. The fraction of sp³-hybridized carbons (Fsp3) is 0. The number of aromatic amines is 2. The van der Waals surface area contributed by atoms with Crippen molar-refractivity contribution >= 4 is 97.0 Å². The van der Waals surface area contributed by atoms with Crippen LogP contribution in [0.4, 0.5) is 11.4 Å². The summed E-state index contributed by atoms with van der Waals surface area (Å²) in [5.74, 6) is 0. The summed E-state index contributed by atoms with van der Waals surface area (Å²) in [5.41, 5.74) is 18.2. The zero-order valence-corrected chi connectivity index (χ0v) is 18.9. The van der Waals surface area contributed by atoms with Crippen molar-refractivity contribution in [3.05, 3.63) is 69.0 Å². The molecule has 0 unspecified atom stereocenters. The summed E-state index contributed by atoms with van der Waals surface area (Å²) in [7, 11) is 0. The van der Waals surface area contributed by atoms with Gasteiger partial charge in [0, 0.05) is 12.1 Å². The van der Waals surface area contributed by atoms with E-state index in [0.29, 0.717) is 11.0 Å². The second-order valence-electron chi connectivity index (χ2n) is 8.12. The highest BCUT2D eigenvalue weighted by molar-refractivity contribution is 7.24. The van der Waals surface area contributed by atoms with Crippen molar-refractivity contribution in [2.75, 3.05) is 11.5 Å². The van der Waals surface area contributed by atoms with Crippen molar-refractivity contribution in [3.8, 4) is 0 Å². The van der Waals surface area contributed by atoms with Crippen LogP contribution in [-0.4, -0.2) is 19.9 Å². The van der Waals surface area contributed by atoms with E-state index in [9.17, 15) is 9.59 Å². The number of nitrogen functional groups attached to an aromatic ring is 2. The summed E-state index contributed by atoms with van der Waals surface area (Å²) in [5, 5.41) is 0. The van der Waals surface area contributed by atoms with Gasteiger partial charge >= 0.3 is 0 Å². The highest BCUT2D eigenvalue weighted by Crippen LogP contribution is 2.31. The Bertz CT molecular complexity index is 2000. The minimum Gasteiger partial charge on any atom is -0.396 e. The van der Waals surface area contributed by atoms with Crippen LogP contribution in [0.25, 0.3) is 62.9 Å². The lowest BCUT2D eigenvalue weighted by atomic mass is 10.2. The van der Waals surface area contributed by atoms with Crippen molar-refractivity contribution in [1.29, 1.82) is 0 Å². The lowest BCUT2D eigenvalue weighted by molar-refractivity contribution is 1.40. The molecular weight excluding hydrogens is 468 g/mol. The summed E-state index contributed by atoms with van der Waals surface area (Å²) in [6, 6.07) is 14.3. The number of aromatic nitrogens is 4. The summed E-state index contributed by atoms with van der Waals surface area (Å²) in [6.07, 6.45) is 0. The molecule has 0 fully saturated rings. The van der Waals surface area contributed by atoms with Gasteiger partial charge in [-0.3, -0.25) is 9.59 Å². The number of hydrogen-bond acceptors (Lipinski definition) is 8. The van der Waals surface area contributed by atoms with Crippen LogP contribution in [-0.2, 0) is 0 Å². The molecular formula is C24H14N6O2S2. The van der Waals surface area contributed by atoms with Crippen LogP contribution in [0.1, 0.15) is 0 Å². The van der Waals surface area contributed by atoms with Gasteiger partial charge in [0.25, 0.3) is 0 Å². The minimum absolute atomic E-state index is 0.194. The third-order valence-electron chi connectivity index (χ3n) is 5.84. The van der Waals surface area contributed by atoms with Crippen molar-refractivity contribution in [2.45, 2.75) is 0 Å². The molecule has 8 nitrogen and oxygen atoms in total. The molecule has 164 valence electrons. The van der Waals surface area contributed by atoms with Crippen molar-refractivity contribution in [1.82, 2.24) is 19.9 Å². The van der Waals surface area contributed by atoms with Gasteiger partial charge in [-0.25, -0.2) is 9.97 Å². The van der Waals surface area contributed by atoms with Crippen LogP contribution >= 0.6 is 22.7 Å². The lowest BCUT2D eigenvalue weighted by Crippen LogP contribution is -2.05. The van der Waals surface area contributed by atoms with Crippen LogP contribution < -0.4 is 22.3 Å². The Morgan fingerprint density at radius 1 is 0.529 bits per heavy atom. The van der Waals surface area contributed by atoms with Crippen LogP contribution in [0.5, 0.6) is 0 Å². The number of fused-ring (bicyclic) bond motifs is 6. The third kappa shape index (κ3) is 2.82. The Labute approximate surface area is 197 Å². The molecule has 0 atom stereocenters.